The van der Waals surface area contributed by atoms with Crippen molar-refractivity contribution in [3.05, 3.63) is 0 Å². The van der Waals surface area contributed by atoms with E-state index in [0.717, 1.165) is 77.0 Å². The van der Waals surface area contributed by atoms with Gasteiger partial charge in [0.1, 0.15) is 11.9 Å². The van der Waals surface area contributed by atoms with Crippen LogP contribution in [0.5, 0.6) is 0 Å². The van der Waals surface area contributed by atoms with Gasteiger partial charge in [0.05, 0.1) is 48.6 Å². The number of Topliss-reactive ketones (excluding diaryl/α,β-unsaturated/α-hetero) is 1. The summed E-state index contributed by atoms with van der Waals surface area (Å²) in [7, 11) is 0. The van der Waals surface area contributed by atoms with E-state index >= 15 is 0 Å². The topological polar surface area (TPSA) is 123 Å². The molecule has 0 aliphatic carbocycles. The zero-order chi connectivity index (χ0) is 31.0. The van der Waals surface area contributed by atoms with E-state index < -0.39 is 18.3 Å². The Hall–Kier alpha value is -1.06. The van der Waals surface area contributed by atoms with Gasteiger partial charge in [0.25, 0.3) is 0 Å². The highest BCUT2D eigenvalue weighted by Gasteiger charge is 2.36. The Bertz CT molecular complexity index is 790. The summed E-state index contributed by atoms with van der Waals surface area (Å²) in [6, 6.07) is 0. The molecule has 8 heteroatoms. The van der Waals surface area contributed by atoms with Crippen molar-refractivity contribution < 1.29 is 39.1 Å². The summed E-state index contributed by atoms with van der Waals surface area (Å²) in [5.74, 6) is -0.446. The highest BCUT2D eigenvalue weighted by atomic mass is 16.6. The molecule has 0 spiro atoms. The van der Waals surface area contributed by atoms with Crippen LogP contribution < -0.4 is 0 Å². The quantitative estimate of drug-likeness (QED) is 0.0905. The maximum Gasteiger partial charge on any atom is 0.309 e. The molecule has 0 bridgehead atoms. The number of esters is 1. The lowest BCUT2D eigenvalue weighted by molar-refractivity contribution is -0.145. The van der Waals surface area contributed by atoms with E-state index in [1.54, 1.807) is 0 Å². The number of hydrogen-bond acceptors (Lipinski definition) is 8. The van der Waals surface area contributed by atoms with Crippen LogP contribution in [0, 0.1) is 5.92 Å². The van der Waals surface area contributed by atoms with Crippen molar-refractivity contribution >= 4 is 11.8 Å². The third kappa shape index (κ3) is 13.4. The Balaban J connectivity index is 1.19. The minimum atomic E-state index is -0.635. The Kier molecular flexibility index (Phi) is 17.1. The number of aliphatic hydroxyl groups is 3. The largest absolute Gasteiger partial charge is 0.462 e. The molecule has 9 atom stereocenters. The van der Waals surface area contributed by atoms with E-state index in [1.165, 1.54) is 45.4 Å². The van der Waals surface area contributed by atoms with Crippen LogP contribution in [-0.4, -0.2) is 75.9 Å². The van der Waals surface area contributed by atoms with E-state index in [2.05, 4.69) is 6.92 Å². The predicted molar refractivity (Wildman–Crippen MR) is 167 cm³/mol. The zero-order valence-electron chi connectivity index (χ0n) is 27.1. The molecule has 0 radical (unpaired) electrons. The second-order valence-electron chi connectivity index (χ2n) is 13.7. The van der Waals surface area contributed by atoms with Crippen LogP contribution in [0.2, 0.25) is 0 Å². The summed E-state index contributed by atoms with van der Waals surface area (Å²) in [6.07, 6.45) is 18.6. The van der Waals surface area contributed by atoms with Crippen LogP contribution in [-0.2, 0) is 23.8 Å². The normalized spacial score (nSPS) is 29.6. The molecule has 3 aliphatic rings. The van der Waals surface area contributed by atoms with E-state index in [9.17, 15) is 24.9 Å². The molecule has 8 nitrogen and oxygen atoms in total. The van der Waals surface area contributed by atoms with Gasteiger partial charge in [-0.3, -0.25) is 4.79 Å². The average Bonchev–Trinajstić information content (AvgIpc) is 3.73. The monoisotopic (exact) mass is 610 g/mol. The number of rotatable bonds is 23. The van der Waals surface area contributed by atoms with Crippen molar-refractivity contribution in [3.8, 4) is 0 Å². The Morgan fingerprint density at radius 2 is 1.21 bits per heavy atom. The molecule has 0 aromatic rings. The summed E-state index contributed by atoms with van der Waals surface area (Å²) >= 11 is 0. The van der Waals surface area contributed by atoms with Gasteiger partial charge in [-0.15, -0.1) is 0 Å². The van der Waals surface area contributed by atoms with Gasteiger partial charge >= 0.3 is 5.97 Å². The van der Waals surface area contributed by atoms with E-state index in [1.807, 2.05) is 0 Å². The van der Waals surface area contributed by atoms with Crippen molar-refractivity contribution in [1.29, 1.82) is 0 Å². The van der Waals surface area contributed by atoms with Crippen molar-refractivity contribution in [3.63, 3.8) is 0 Å². The lowest BCUT2D eigenvalue weighted by atomic mass is 9.96. The number of carbonyl (C=O) groups is 2. The van der Waals surface area contributed by atoms with Crippen LogP contribution in [0.4, 0.5) is 0 Å². The molecule has 1 unspecified atom stereocenters. The van der Waals surface area contributed by atoms with Gasteiger partial charge in [-0.25, -0.2) is 0 Å². The van der Waals surface area contributed by atoms with Gasteiger partial charge in [0.2, 0.25) is 0 Å². The minimum Gasteiger partial charge on any atom is -0.462 e. The van der Waals surface area contributed by atoms with Gasteiger partial charge in [-0.2, -0.15) is 0 Å². The molecule has 43 heavy (non-hydrogen) atoms. The third-order valence-electron chi connectivity index (χ3n) is 9.87. The number of ketones is 1. The Morgan fingerprint density at radius 1 is 0.698 bits per heavy atom. The lowest BCUT2D eigenvalue weighted by Gasteiger charge is -2.24. The van der Waals surface area contributed by atoms with E-state index in [0.29, 0.717) is 25.7 Å². The molecule has 3 aliphatic heterocycles. The van der Waals surface area contributed by atoms with Gasteiger partial charge in [-0.05, 0) is 77.6 Å². The molecular weight excluding hydrogens is 548 g/mol. The number of hydrogen-bond donors (Lipinski definition) is 3. The molecule has 3 rings (SSSR count). The number of aliphatic hydroxyl groups excluding tert-OH is 3. The molecule has 0 aromatic heterocycles. The average molecular weight is 611 g/mol. The first-order valence-corrected chi connectivity index (χ1v) is 17.8. The molecule has 0 aromatic carbocycles. The molecule has 3 N–H and O–H groups in total. The fraction of sp³-hybridized carbons (Fsp3) is 0.943. The van der Waals surface area contributed by atoms with E-state index in [-0.39, 0.29) is 48.2 Å². The maximum absolute atomic E-state index is 11.9. The number of unbranched alkanes of at least 4 members (excludes halogenated alkanes) is 9. The molecule has 3 saturated heterocycles. The number of carbonyl (C=O) groups excluding carboxylic acids is 2. The zero-order valence-corrected chi connectivity index (χ0v) is 27.1. The van der Waals surface area contributed by atoms with Crippen LogP contribution in [0.1, 0.15) is 155 Å². The lowest BCUT2D eigenvalue weighted by Crippen LogP contribution is -2.33. The number of ether oxygens (including phenoxy) is 3. The summed E-state index contributed by atoms with van der Waals surface area (Å²) < 4.78 is 17.6. The van der Waals surface area contributed by atoms with Crippen molar-refractivity contribution in [2.45, 2.75) is 204 Å². The third-order valence-corrected chi connectivity index (χ3v) is 9.87. The molecular formula is C35H62O8. The molecule has 250 valence electrons. The Labute approximate surface area is 260 Å². The first kappa shape index (κ1) is 36.4. The molecule has 3 heterocycles. The van der Waals surface area contributed by atoms with Crippen LogP contribution in [0.25, 0.3) is 0 Å². The van der Waals surface area contributed by atoms with Gasteiger partial charge in [0.15, 0.2) is 0 Å². The minimum absolute atomic E-state index is 0.0373. The van der Waals surface area contributed by atoms with Gasteiger partial charge in [0, 0.05) is 6.42 Å². The van der Waals surface area contributed by atoms with Crippen LogP contribution in [0.15, 0.2) is 0 Å². The summed E-state index contributed by atoms with van der Waals surface area (Å²) in [6.45, 7) is 3.76. The summed E-state index contributed by atoms with van der Waals surface area (Å²) in [5.41, 5.74) is 0. The SMILES string of the molecule is CCCCCCCCCC[C@@H](O)[C@H]1CC[C@H]([C@H](O)CC[C@H](O)[C@@H]2CC[C@@H](CCCCC[C@@H]3CC(CC(C)=O)C(=O)O3)O2)O1. The summed E-state index contributed by atoms with van der Waals surface area (Å²) in [4.78, 5) is 23.2. The Morgan fingerprint density at radius 3 is 1.84 bits per heavy atom. The smallest absolute Gasteiger partial charge is 0.309 e. The predicted octanol–water partition coefficient (Wildman–Crippen LogP) is 6.34. The standard InChI is InChI=1S/C35H62O8/c1-3-4-5-6-7-8-9-13-16-29(37)33-21-22-34(43-33)31(39)19-18-30(38)32-20-17-27(41-32)14-11-10-12-15-28-24-26(23-25(2)36)35(40)42-28/h26-34,37-39H,3-24H2,1-2H3/t26?,27-,28-,29-,30+,31-,32+,33-,34-/m1/s1. The molecule has 0 saturated carbocycles. The van der Waals surface area contributed by atoms with Gasteiger partial charge in [-0.1, -0.05) is 71.1 Å². The fourth-order valence-corrected chi connectivity index (χ4v) is 7.20. The van der Waals surface area contributed by atoms with Crippen molar-refractivity contribution in [2.75, 3.05) is 0 Å². The van der Waals surface area contributed by atoms with E-state index in [4.69, 9.17) is 14.2 Å². The second-order valence-corrected chi connectivity index (χ2v) is 13.7. The van der Waals surface area contributed by atoms with Crippen molar-refractivity contribution in [2.24, 2.45) is 5.92 Å². The van der Waals surface area contributed by atoms with Crippen LogP contribution in [0.3, 0.4) is 0 Å². The van der Waals surface area contributed by atoms with Crippen LogP contribution >= 0.6 is 0 Å². The maximum atomic E-state index is 11.9. The van der Waals surface area contributed by atoms with Gasteiger partial charge < -0.3 is 34.3 Å². The second kappa shape index (κ2) is 20.1. The first-order valence-electron chi connectivity index (χ1n) is 17.8. The first-order chi connectivity index (χ1) is 20.8. The highest BCUT2D eigenvalue weighted by Crippen LogP contribution is 2.32. The molecule has 0 amide bonds. The summed E-state index contributed by atoms with van der Waals surface area (Å²) in [5, 5.41) is 32.1. The highest BCUT2D eigenvalue weighted by molar-refractivity contribution is 5.83. The fourth-order valence-electron chi connectivity index (χ4n) is 7.20. The molecule has 3 fully saturated rings. The number of cyclic esters (lactones) is 1. The van der Waals surface area contributed by atoms with Crippen molar-refractivity contribution in [1.82, 2.24) is 0 Å².